The lowest BCUT2D eigenvalue weighted by Gasteiger charge is -2.10. The first-order chi connectivity index (χ1) is 9.88. The molecule has 2 heterocycles. The Morgan fingerprint density at radius 1 is 1.19 bits per heavy atom. The van der Waals surface area contributed by atoms with Crippen LogP contribution in [0.25, 0.3) is 11.2 Å². The standard InChI is InChI=1S/C13H22N6O2/c1-6-19-9-10(15-12(19)14-7-8-16(2)3)17(4)13(21)18(5)11(9)20/h6-8H2,1-5H3,(H,14,15)/p+1. The number of hydrogen-bond acceptors (Lipinski definition) is 4. The molecule has 2 N–H and O–H groups in total. The van der Waals surface area contributed by atoms with E-state index in [0.29, 0.717) is 23.7 Å². The average molecular weight is 295 g/mol. The van der Waals surface area contributed by atoms with E-state index < -0.39 is 0 Å². The molecular formula is C13H23N6O2+. The van der Waals surface area contributed by atoms with Crippen LogP contribution in [-0.2, 0) is 20.6 Å². The monoisotopic (exact) mass is 295 g/mol. The van der Waals surface area contributed by atoms with E-state index in [1.54, 1.807) is 7.05 Å². The van der Waals surface area contributed by atoms with Crippen molar-refractivity contribution in [2.75, 3.05) is 32.5 Å². The van der Waals surface area contributed by atoms with Crippen LogP contribution in [0.3, 0.4) is 0 Å². The van der Waals surface area contributed by atoms with Gasteiger partial charge in [0.15, 0.2) is 11.2 Å². The quantitative estimate of drug-likeness (QED) is 0.669. The Morgan fingerprint density at radius 3 is 2.43 bits per heavy atom. The molecule has 0 aliphatic rings. The van der Waals surface area contributed by atoms with Crippen LogP contribution >= 0.6 is 0 Å². The number of anilines is 1. The maximum atomic E-state index is 12.3. The second-order valence-corrected chi connectivity index (χ2v) is 5.44. The zero-order chi connectivity index (χ0) is 15.7. The second-order valence-electron chi connectivity index (χ2n) is 5.44. The molecule has 0 amide bonds. The SMILES string of the molecule is CCn1c(NCC[NH+](C)C)nc2c1c(=O)n(C)c(=O)n2C. The van der Waals surface area contributed by atoms with Crippen molar-refractivity contribution in [2.45, 2.75) is 13.5 Å². The number of rotatable bonds is 5. The van der Waals surface area contributed by atoms with Crippen molar-refractivity contribution in [3.05, 3.63) is 20.8 Å². The molecule has 2 rings (SSSR count). The fourth-order valence-electron chi connectivity index (χ4n) is 2.31. The zero-order valence-corrected chi connectivity index (χ0v) is 13.2. The van der Waals surface area contributed by atoms with Gasteiger partial charge in [0.1, 0.15) is 0 Å². The highest BCUT2D eigenvalue weighted by Crippen LogP contribution is 2.14. The summed E-state index contributed by atoms with van der Waals surface area (Å²) in [5, 5.41) is 3.25. The molecule has 8 heteroatoms. The molecule has 0 aliphatic carbocycles. The van der Waals surface area contributed by atoms with E-state index in [1.807, 2.05) is 11.5 Å². The number of nitrogens with one attached hydrogen (secondary N) is 2. The molecule has 0 unspecified atom stereocenters. The topological polar surface area (TPSA) is 78.3 Å². The van der Waals surface area contributed by atoms with Gasteiger partial charge in [-0.1, -0.05) is 0 Å². The molecule has 0 aliphatic heterocycles. The van der Waals surface area contributed by atoms with Crippen molar-refractivity contribution in [3.63, 3.8) is 0 Å². The van der Waals surface area contributed by atoms with Crippen LogP contribution in [0.15, 0.2) is 9.59 Å². The summed E-state index contributed by atoms with van der Waals surface area (Å²) in [6, 6.07) is 0. The minimum Gasteiger partial charge on any atom is -0.350 e. The van der Waals surface area contributed by atoms with Crippen molar-refractivity contribution in [3.8, 4) is 0 Å². The van der Waals surface area contributed by atoms with Gasteiger partial charge in [0.05, 0.1) is 27.2 Å². The summed E-state index contributed by atoms with van der Waals surface area (Å²) in [7, 11) is 7.26. The van der Waals surface area contributed by atoms with Crippen LogP contribution in [0, 0.1) is 0 Å². The van der Waals surface area contributed by atoms with E-state index in [9.17, 15) is 9.59 Å². The lowest BCUT2D eigenvalue weighted by molar-refractivity contribution is -0.856. The molecule has 0 aromatic carbocycles. The molecule has 0 bridgehead atoms. The number of nitrogens with zero attached hydrogens (tertiary/aromatic N) is 4. The Kier molecular flexibility index (Phi) is 4.17. The highest BCUT2D eigenvalue weighted by atomic mass is 16.2. The van der Waals surface area contributed by atoms with E-state index in [-0.39, 0.29) is 11.2 Å². The number of imidazole rings is 1. The van der Waals surface area contributed by atoms with Crippen LogP contribution in [0.1, 0.15) is 6.92 Å². The minimum absolute atomic E-state index is 0.311. The third-order valence-electron chi connectivity index (χ3n) is 3.57. The summed E-state index contributed by atoms with van der Waals surface area (Å²) in [5.41, 5.74) is 0.206. The third-order valence-corrected chi connectivity index (χ3v) is 3.57. The fraction of sp³-hybridized carbons (Fsp3) is 0.615. The van der Waals surface area contributed by atoms with Gasteiger partial charge < -0.3 is 14.8 Å². The van der Waals surface area contributed by atoms with Gasteiger partial charge in [-0.25, -0.2) is 4.79 Å². The number of fused-ring (bicyclic) bond motifs is 1. The Labute approximate surface area is 122 Å². The number of hydrogen-bond donors (Lipinski definition) is 2. The number of quaternary nitrogens is 1. The van der Waals surface area contributed by atoms with E-state index in [0.717, 1.165) is 17.7 Å². The first-order valence-corrected chi connectivity index (χ1v) is 7.07. The highest BCUT2D eigenvalue weighted by Gasteiger charge is 2.17. The first kappa shape index (κ1) is 15.3. The summed E-state index contributed by atoms with van der Waals surface area (Å²) < 4.78 is 4.34. The van der Waals surface area contributed by atoms with Crippen LogP contribution in [0.5, 0.6) is 0 Å². The molecule has 2 aromatic heterocycles. The fourth-order valence-corrected chi connectivity index (χ4v) is 2.31. The molecule has 116 valence electrons. The van der Waals surface area contributed by atoms with E-state index >= 15 is 0 Å². The van der Waals surface area contributed by atoms with Crippen LogP contribution < -0.4 is 21.5 Å². The van der Waals surface area contributed by atoms with Crippen molar-refractivity contribution in [2.24, 2.45) is 14.1 Å². The van der Waals surface area contributed by atoms with Crippen LogP contribution in [0.4, 0.5) is 5.95 Å². The Bertz CT molecular complexity index is 768. The van der Waals surface area contributed by atoms with Gasteiger partial charge in [0.2, 0.25) is 5.95 Å². The summed E-state index contributed by atoms with van der Waals surface area (Å²) >= 11 is 0. The van der Waals surface area contributed by atoms with Gasteiger partial charge in [-0.3, -0.25) is 13.9 Å². The summed E-state index contributed by atoms with van der Waals surface area (Å²) in [4.78, 5) is 30.1. The summed E-state index contributed by atoms with van der Waals surface area (Å²) in [5.74, 6) is 0.632. The van der Waals surface area contributed by atoms with Crippen molar-refractivity contribution < 1.29 is 4.90 Å². The van der Waals surface area contributed by atoms with Crippen molar-refractivity contribution in [1.82, 2.24) is 18.7 Å². The molecule has 0 saturated heterocycles. The molecule has 21 heavy (non-hydrogen) atoms. The first-order valence-electron chi connectivity index (χ1n) is 7.07. The highest BCUT2D eigenvalue weighted by molar-refractivity contribution is 5.74. The summed E-state index contributed by atoms with van der Waals surface area (Å²) in [6.07, 6.45) is 0. The summed E-state index contributed by atoms with van der Waals surface area (Å²) in [6.45, 7) is 4.25. The molecule has 0 spiro atoms. The minimum atomic E-state index is -0.363. The Balaban J connectivity index is 2.59. The van der Waals surface area contributed by atoms with Crippen LogP contribution in [0.2, 0.25) is 0 Å². The smallest absolute Gasteiger partial charge is 0.332 e. The molecule has 8 nitrogen and oxygen atoms in total. The van der Waals surface area contributed by atoms with Gasteiger partial charge in [-0.05, 0) is 6.92 Å². The lowest BCUT2D eigenvalue weighted by Crippen LogP contribution is -3.06. The number of likely N-dealkylation sites (N-methyl/N-ethyl adjacent to an activating group) is 1. The Hall–Kier alpha value is -2.09. The molecular weight excluding hydrogens is 272 g/mol. The number of aromatic nitrogens is 4. The predicted molar refractivity (Wildman–Crippen MR) is 82.1 cm³/mol. The Morgan fingerprint density at radius 2 is 1.86 bits per heavy atom. The second kappa shape index (κ2) is 5.72. The van der Waals surface area contributed by atoms with Gasteiger partial charge in [0, 0.05) is 20.6 Å². The maximum absolute atomic E-state index is 12.3. The van der Waals surface area contributed by atoms with Gasteiger partial charge in [0.25, 0.3) is 5.56 Å². The maximum Gasteiger partial charge on any atom is 0.332 e. The van der Waals surface area contributed by atoms with Crippen molar-refractivity contribution in [1.29, 1.82) is 0 Å². The van der Waals surface area contributed by atoms with E-state index in [4.69, 9.17) is 0 Å². The van der Waals surface area contributed by atoms with Crippen molar-refractivity contribution >= 4 is 17.1 Å². The van der Waals surface area contributed by atoms with Gasteiger partial charge in [-0.15, -0.1) is 0 Å². The normalized spacial score (nSPS) is 11.5. The lowest BCUT2D eigenvalue weighted by atomic mass is 10.5. The molecule has 0 atom stereocenters. The largest absolute Gasteiger partial charge is 0.350 e. The van der Waals surface area contributed by atoms with Gasteiger partial charge in [-0.2, -0.15) is 4.98 Å². The molecule has 0 saturated carbocycles. The third kappa shape index (κ3) is 2.58. The molecule has 2 aromatic rings. The van der Waals surface area contributed by atoms with E-state index in [2.05, 4.69) is 24.4 Å². The molecule has 0 fully saturated rings. The van der Waals surface area contributed by atoms with Crippen LogP contribution in [-0.4, -0.2) is 45.9 Å². The zero-order valence-electron chi connectivity index (χ0n) is 13.2. The molecule has 0 radical (unpaired) electrons. The number of aryl methyl sites for hydroxylation is 2. The predicted octanol–water partition coefficient (Wildman–Crippen LogP) is -1.99. The average Bonchev–Trinajstić information content (AvgIpc) is 2.81. The van der Waals surface area contributed by atoms with E-state index in [1.165, 1.54) is 16.5 Å². The van der Waals surface area contributed by atoms with Gasteiger partial charge >= 0.3 is 5.69 Å².